The van der Waals surface area contributed by atoms with Crippen LogP contribution in [0.1, 0.15) is 30.9 Å². The summed E-state index contributed by atoms with van der Waals surface area (Å²) < 4.78 is 13.0. The highest BCUT2D eigenvalue weighted by Gasteiger charge is 2.05. The third kappa shape index (κ3) is 3.67. The zero-order valence-corrected chi connectivity index (χ0v) is 9.89. The molecule has 0 aromatic heterocycles. The van der Waals surface area contributed by atoms with Crippen LogP contribution < -0.4 is 5.32 Å². The fourth-order valence-electron chi connectivity index (χ4n) is 1.60. The molecule has 0 amide bonds. The summed E-state index contributed by atoms with van der Waals surface area (Å²) in [6.45, 7) is 4.69. The van der Waals surface area contributed by atoms with Gasteiger partial charge in [-0.15, -0.1) is 6.42 Å². The van der Waals surface area contributed by atoms with E-state index in [9.17, 15) is 4.39 Å². The smallest absolute Gasteiger partial charge is 0.123 e. The molecule has 0 radical (unpaired) electrons. The van der Waals surface area contributed by atoms with Crippen LogP contribution in [-0.2, 0) is 6.54 Å². The quantitative estimate of drug-likeness (QED) is 0.751. The Kier molecular flexibility index (Phi) is 5.01. The molecule has 0 fully saturated rings. The second-order valence-corrected chi connectivity index (χ2v) is 3.96. The molecule has 0 saturated heterocycles. The molecule has 0 heterocycles. The van der Waals surface area contributed by atoms with Gasteiger partial charge in [0, 0.05) is 6.54 Å². The van der Waals surface area contributed by atoms with Gasteiger partial charge in [-0.1, -0.05) is 25.3 Å². The Labute approximate surface area is 97.1 Å². The highest BCUT2D eigenvalue weighted by Crippen LogP contribution is 2.10. The zero-order valence-electron chi connectivity index (χ0n) is 9.89. The van der Waals surface area contributed by atoms with Gasteiger partial charge in [0.05, 0.1) is 6.04 Å². The largest absolute Gasteiger partial charge is 0.300 e. The van der Waals surface area contributed by atoms with Crippen molar-refractivity contribution in [3.05, 3.63) is 35.1 Å². The minimum Gasteiger partial charge on any atom is -0.300 e. The first-order valence-corrected chi connectivity index (χ1v) is 5.62. The molecule has 1 unspecified atom stereocenters. The number of nitrogens with one attached hydrogen (secondary N) is 1. The van der Waals surface area contributed by atoms with Crippen molar-refractivity contribution in [2.45, 2.75) is 39.3 Å². The molecule has 0 saturated carbocycles. The summed E-state index contributed by atoms with van der Waals surface area (Å²) in [5.41, 5.74) is 2.05. The van der Waals surface area contributed by atoms with E-state index >= 15 is 0 Å². The monoisotopic (exact) mass is 219 g/mol. The van der Waals surface area contributed by atoms with Crippen molar-refractivity contribution in [1.82, 2.24) is 5.32 Å². The number of hydrogen-bond acceptors (Lipinski definition) is 1. The van der Waals surface area contributed by atoms with Crippen molar-refractivity contribution in [3.63, 3.8) is 0 Å². The average Bonchev–Trinajstić information content (AvgIpc) is 2.28. The Morgan fingerprint density at radius 1 is 1.50 bits per heavy atom. The molecule has 0 spiro atoms. The van der Waals surface area contributed by atoms with Crippen LogP contribution in [0.5, 0.6) is 0 Å². The SMILES string of the molecule is C#CC(CCC)NCc1cc(F)ccc1C. The Morgan fingerprint density at radius 3 is 2.88 bits per heavy atom. The third-order valence-corrected chi connectivity index (χ3v) is 2.63. The Morgan fingerprint density at radius 2 is 2.25 bits per heavy atom. The first-order valence-electron chi connectivity index (χ1n) is 5.62. The fourth-order valence-corrected chi connectivity index (χ4v) is 1.60. The van der Waals surface area contributed by atoms with Crippen LogP contribution in [0.15, 0.2) is 18.2 Å². The maximum absolute atomic E-state index is 13.0. The van der Waals surface area contributed by atoms with Crippen molar-refractivity contribution in [2.24, 2.45) is 0 Å². The topological polar surface area (TPSA) is 12.0 Å². The molecule has 1 rings (SSSR count). The van der Waals surface area contributed by atoms with E-state index in [-0.39, 0.29) is 11.9 Å². The van der Waals surface area contributed by atoms with E-state index in [0.717, 1.165) is 24.0 Å². The maximum atomic E-state index is 13.0. The summed E-state index contributed by atoms with van der Waals surface area (Å²) >= 11 is 0. The summed E-state index contributed by atoms with van der Waals surface area (Å²) in [6.07, 6.45) is 7.40. The first kappa shape index (κ1) is 12.7. The molecule has 0 aliphatic heterocycles. The number of aryl methyl sites for hydroxylation is 1. The van der Waals surface area contributed by atoms with E-state index in [0.29, 0.717) is 6.54 Å². The van der Waals surface area contributed by atoms with Gasteiger partial charge < -0.3 is 0 Å². The lowest BCUT2D eigenvalue weighted by molar-refractivity contribution is 0.558. The van der Waals surface area contributed by atoms with Crippen molar-refractivity contribution in [3.8, 4) is 12.3 Å². The van der Waals surface area contributed by atoms with Gasteiger partial charge in [0.15, 0.2) is 0 Å². The Bertz CT molecular complexity index is 379. The number of benzene rings is 1. The number of halogens is 1. The highest BCUT2D eigenvalue weighted by atomic mass is 19.1. The molecular formula is C14H18FN. The van der Waals surface area contributed by atoms with Crippen LogP contribution in [0.3, 0.4) is 0 Å². The van der Waals surface area contributed by atoms with Crippen LogP contribution in [0.25, 0.3) is 0 Å². The minimum absolute atomic E-state index is 0.0765. The summed E-state index contributed by atoms with van der Waals surface area (Å²) in [6, 6.07) is 4.90. The summed E-state index contributed by atoms with van der Waals surface area (Å²) in [5, 5.41) is 3.25. The molecule has 1 nitrogen and oxygen atoms in total. The van der Waals surface area contributed by atoms with Crippen LogP contribution in [0.4, 0.5) is 4.39 Å². The van der Waals surface area contributed by atoms with Gasteiger partial charge in [-0.3, -0.25) is 5.32 Å². The molecule has 1 aromatic carbocycles. The number of hydrogen-bond donors (Lipinski definition) is 1. The van der Waals surface area contributed by atoms with Gasteiger partial charge in [0.1, 0.15) is 5.82 Å². The molecule has 86 valence electrons. The average molecular weight is 219 g/mol. The van der Waals surface area contributed by atoms with E-state index in [2.05, 4.69) is 18.2 Å². The minimum atomic E-state index is -0.199. The van der Waals surface area contributed by atoms with Gasteiger partial charge >= 0.3 is 0 Å². The van der Waals surface area contributed by atoms with E-state index in [1.165, 1.54) is 6.07 Å². The highest BCUT2D eigenvalue weighted by molar-refractivity contribution is 5.26. The Balaban J connectivity index is 2.60. The van der Waals surface area contributed by atoms with E-state index in [1.54, 1.807) is 12.1 Å². The van der Waals surface area contributed by atoms with E-state index < -0.39 is 0 Å². The van der Waals surface area contributed by atoms with E-state index in [4.69, 9.17) is 6.42 Å². The predicted octanol–water partition coefficient (Wildman–Crippen LogP) is 3.03. The molecule has 1 aromatic rings. The fraction of sp³-hybridized carbons (Fsp3) is 0.429. The van der Waals surface area contributed by atoms with Crippen LogP contribution in [0, 0.1) is 25.1 Å². The summed E-state index contributed by atoms with van der Waals surface area (Å²) in [7, 11) is 0. The van der Waals surface area contributed by atoms with Gasteiger partial charge in [-0.05, 0) is 36.6 Å². The lowest BCUT2D eigenvalue weighted by Gasteiger charge is -2.13. The Hall–Kier alpha value is -1.33. The molecule has 0 aliphatic rings. The van der Waals surface area contributed by atoms with Crippen molar-refractivity contribution in [1.29, 1.82) is 0 Å². The number of rotatable bonds is 5. The predicted molar refractivity (Wildman–Crippen MR) is 65.5 cm³/mol. The molecule has 1 N–H and O–H groups in total. The maximum Gasteiger partial charge on any atom is 0.123 e. The van der Waals surface area contributed by atoms with Crippen molar-refractivity contribution < 1.29 is 4.39 Å². The second-order valence-electron chi connectivity index (χ2n) is 3.96. The molecular weight excluding hydrogens is 201 g/mol. The summed E-state index contributed by atoms with van der Waals surface area (Å²) in [4.78, 5) is 0. The summed E-state index contributed by atoms with van der Waals surface area (Å²) in [5.74, 6) is 2.50. The lowest BCUT2D eigenvalue weighted by atomic mass is 10.1. The molecule has 1 atom stereocenters. The van der Waals surface area contributed by atoms with Gasteiger partial charge in [-0.2, -0.15) is 0 Å². The lowest BCUT2D eigenvalue weighted by Crippen LogP contribution is -2.27. The van der Waals surface area contributed by atoms with Crippen LogP contribution in [0.2, 0.25) is 0 Å². The molecule has 16 heavy (non-hydrogen) atoms. The normalized spacial score (nSPS) is 12.1. The standard InChI is InChI=1S/C14H18FN/c1-4-6-14(5-2)16-10-12-9-13(15)8-7-11(12)3/h2,7-9,14,16H,4,6,10H2,1,3H3. The van der Waals surface area contributed by atoms with Crippen LogP contribution in [-0.4, -0.2) is 6.04 Å². The van der Waals surface area contributed by atoms with Gasteiger partial charge in [0.2, 0.25) is 0 Å². The zero-order chi connectivity index (χ0) is 12.0. The van der Waals surface area contributed by atoms with Crippen LogP contribution >= 0.6 is 0 Å². The third-order valence-electron chi connectivity index (χ3n) is 2.63. The number of terminal acetylenes is 1. The van der Waals surface area contributed by atoms with Gasteiger partial charge in [-0.25, -0.2) is 4.39 Å². The van der Waals surface area contributed by atoms with Crippen molar-refractivity contribution in [2.75, 3.05) is 0 Å². The van der Waals surface area contributed by atoms with E-state index in [1.807, 2.05) is 6.92 Å². The van der Waals surface area contributed by atoms with Gasteiger partial charge in [0.25, 0.3) is 0 Å². The first-order chi connectivity index (χ1) is 7.67. The molecule has 2 heteroatoms. The molecule has 0 aliphatic carbocycles. The molecule has 0 bridgehead atoms. The second kappa shape index (κ2) is 6.30. The van der Waals surface area contributed by atoms with Crippen molar-refractivity contribution >= 4 is 0 Å².